The molecule has 1 aromatic heterocycles. The first-order valence-electron chi connectivity index (χ1n) is 9.69. The summed E-state index contributed by atoms with van der Waals surface area (Å²) >= 11 is 0. The van der Waals surface area contributed by atoms with Gasteiger partial charge in [-0.15, -0.1) is 0 Å². The molecular weight excluding hydrogens is 336 g/mol. The molecule has 1 fully saturated rings. The quantitative estimate of drug-likeness (QED) is 0.757. The normalized spacial score (nSPS) is 15.6. The lowest BCUT2D eigenvalue weighted by atomic mass is 10.0. The first-order chi connectivity index (χ1) is 13.2. The number of carbonyl (C=O) groups is 1. The van der Waals surface area contributed by atoms with Crippen LogP contribution < -0.4 is 0 Å². The Morgan fingerprint density at radius 2 is 1.81 bits per heavy atom. The summed E-state index contributed by atoms with van der Waals surface area (Å²) in [7, 11) is 2.20. The number of nitrogens with zero attached hydrogens (tertiary/aromatic N) is 3. The summed E-state index contributed by atoms with van der Waals surface area (Å²) in [5.41, 5.74) is 3.13. The van der Waals surface area contributed by atoms with Crippen LogP contribution >= 0.6 is 0 Å². The third-order valence-electron chi connectivity index (χ3n) is 5.56. The van der Waals surface area contributed by atoms with Crippen molar-refractivity contribution in [1.82, 2.24) is 19.8 Å². The minimum atomic E-state index is 0.0107. The van der Waals surface area contributed by atoms with Gasteiger partial charge in [0.25, 0.3) is 5.91 Å². The Kier molecular flexibility index (Phi) is 5.21. The van der Waals surface area contributed by atoms with E-state index in [1.807, 2.05) is 29.2 Å². The minimum Gasteiger partial charge on any atom is -0.336 e. The fourth-order valence-corrected chi connectivity index (χ4v) is 3.85. The van der Waals surface area contributed by atoms with Gasteiger partial charge in [-0.3, -0.25) is 4.79 Å². The molecule has 1 saturated heterocycles. The molecule has 0 atom stereocenters. The van der Waals surface area contributed by atoms with Gasteiger partial charge in [-0.1, -0.05) is 42.5 Å². The van der Waals surface area contributed by atoms with Crippen molar-refractivity contribution in [2.24, 2.45) is 0 Å². The predicted molar refractivity (Wildman–Crippen MR) is 108 cm³/mol. The van der Waals surface area contributed by atoms with Gasteiger partial charge in [-0.05, 0) is 44.0 Å². The Labute approximate surface area is 160 Å². The molecule has 0 radical (unpaired) electrons. The summed E-state index contributed by atoms with van der Waals surface area (Å²) in [6.07, 6.45) is 3.09. The third kappa shape index (κ3) is 4.03. The second-order valence-electron chi connectivity index (χ2n) is 7.34. The molecule has 3 aromatic rings. The van der Waals surface area contributed by atoms with Crippen molar-refractivity contribution < 1.29 is 4.79 Å². The monoisotopic (exact) mass is 362 g/mol. The summed E-state index contributed by atoms with van der Waals surface area (Å²) in [6.45, 7) is 2.62. The van der Waals surface area contributed by atoms with Gasteiger partial charge >= 0.3 is 0 Å². The minimum absolute atomic E-state index is 0.0107. The number of nitrogens with one attached hydrogen (secondary N) is 1. The zero-order valence-electron chi connectivity index (χ0n) is 15.8. The highest BCUT2D eigenvalue weighted by Crippen LogP contribution is 2.19. The number of piperidine rings is 1. The molecule has 4 rings (SSSR count). The zero-order valence-corrected chi connectivity index (χ0v) is 15.8. The highest BCUT2D eigenvalue weighted by molar-refractivity contribution is 5.94. The van der Waals surface area contributed by atoms with Crippen LogP contribution in [0.15, 0.2) is 54.6 Å². The molecule has 27 heavy (non-hydrogen) atoms. The van der Waals surface area contributed by atoms with Crippen LogP contribution in [0, 0.1) is 0 Å². The first-order valence-corrected chi connectivity index (χ1v) is 9.69. The topological polar surface area (TPSA) is 52.2 Å². The Morgan fingerprint density at radius 1 is 1.11 bits per heavy atom. The number of hydrogen-bond donors (Lipinski definition) is 1. The number of imidazole rings is 1. The number of hydrogen-bond acceptors (Lipinski definition) is 3. The maximum absolute atomic E-state index is 12.8. The van der Waals surface area contributed by atoms with Gasteiger partial charge in [0.2, 0.25) is 0 Å². The standard InChI is InChI=1S/C22H26N4O/c1-25(14-11-17-7-3-2-4-8-17)18-12-15-26(16-13-18)22(27)21-23-19-9-5-6-10-20(19)24-21/h2-10,18H,11-16H2,1H3,(H,23,24). The molecule has 5 nitrogen and oxygen atoms in total. The van der Waals surface area contributed by atoms with Crippen LogP contribution in [0.3, 0.4) is 0 Å². The number of carbonyl (C=O) groups excluding carboxylic acids is 1. The fraction of sp³-hybridized carbons (Fsp3) is 0.364. The van der Waals surface area contributed by atoms with Crippen LogP contribution in [0.25, 0.3) is 11.0 Å². The van der Waals surface area contributed by atoms with E-state index in [-0.39, 0.29) is 5.91 Å². The van der Waals surface area contributed by atoms with E-state index in [0.717, 1.165) is 49.9 Å². The van der Waals surface area contributed by atoms with Crippen LogP contribution in [-0.4, -0.2) is 58.4 Å². The van der Waals surface area contributed by atoms with E-state index < -0.39 is 0 Å². The van der Waals surface area contributed by atoms with Gasteiger partial charge in [-0.2, -0.15) is 0 Å². The largest absolute Gasteiger partial charge is 0.336 e. The van der Waals surface area contributed by atoms with Gasteiger partial charge in [0, 0.05) is 25.7 Å². The number of para-hydroxylation sites is 2. The molecule has 2 aromatic carbocycles. The molecular formula is C22H26N4O. The Hall–Kier alpha value is -2.66. The van der Waals surface area contributed by atoms with Crippen molar-refractivity contribution in [2.75, 3.05) is 26.7 Å². The Balaban J connectivity index is 1.30. The van der Waals surface area contributed by atoms with Gasteiger partial charge in [-0.25, -0.2) is 4.98 Å². The van der Waals surface area contributed by atoms with Gasteiger partial charge in [0.15, 0.2) is 5.82 Å². The smallest absolute Gasteiger partial charge is 0.289 e. The number of amides is 1. The van der Waals surface area contributed by atoms with Crippen molar-refractivity contribution in [2.45, 2.75) is 25.3 Å². The predicted octanol–water partition coefficient (Wildman–Crippen LogP) is 3.34. The van der Waals surface area contributed by atoms with Gasteiger partial charge in [0.1, 0.15) is 0 Å². The molecule has 1 aliphatic heterocycles. The molecule has 0 unspecified atom stereocenters. The first kappa shape index (κ1) is 17.7. The summed E-state index contributed by atoms with van der Waals surface area (Å²) in [6, 6.07) is 18.9. The van der Waals surface area contributed by atoms with E-state index in [4.69, 9.17) is 0 Å². The maximum Gasteiger partial charge on any atom is 0.289 e. The number of likely N-dealkylation sites (N-methyl/N-ethyl adjacent to an activating group) is 1. The highest BCUT2D eigenvalue weighted by Gasteiger charge is 2.27. The van der Waals surface area contributed by atoms with Crippen LogP contribution in [0.4, 0.5) is 0 Å². The average molecular weight is 362 g/mol. The number of fused-ring (bicyclic) bond motifs is 1. The molecule has 0 aliphatic carbocycles. The average Bonchev–Trinajstić information content (AvgIpc) is 3.16. The summed E-state index contributed by atoms with van der Waals surface area (Å²) in [4.78, 5) is 24.7. The molecule has 1 amide bonds. The van der Waals surface area contributed by atoms with Crippen LogP contribution in [0.5, 0.6) is 0 Å². The number of likely N-dealkylation sites (tertiary alicyclic amines) is 1. The number of H-pyrrole nitrogens is 1. The van der Waals surface area contributed by atoms with Crippen LogP contribution in [0.1, 0.15) is 29.0 Å². The SMILES string of the molecule is CN(CCc1ccccc1)C1CCN(C(=O)c2nc3ccccc3[nH]2)CC1. The van der Waals surface area contributed by atoms with E-state index in [0.29, 0.717) is 11.9 Å². The number of aromatic amines is 1. The summed E-state index contributed by atoms with van der Waals surface area (Å²) < 4.78 is 0. The van der Waals surface area contributed by atoms with Crippen LogP contribution in [0.2, 0.25) is 0 Å². The molecule has 0 saturated carbocycles. The lowest BCUT2D eigenvalue weighted by Gasteiger charge is -2.36. The Bertz CT molecular complexity index is 864. The second kappa shape index (κ2) is 7.92. The van der Waals surface area contributed by atoms with Crippen molar-refractivity contribution in [3.63, 3.8) is 0 Å². The summed E-state index contributed by atoms with van der Waals surface area (Å²) in [5.74, 6) is 0.462. The van der Waals surface area contributed by atoms with E-state index in [1.165, 1.54) is 5.56 Å². The second-order valence-corrected chi connectivity index (χ2v) is 7.34. The molecule has 2 heterocycles. The van der Waals surface area contributed by atoms with E-state index in [1.54, 1.807) is 0 Å². The van der Waals surface area contributed by atoms with Gasteiger partial charge in [0.05, 0.1) is 11.0 Å². The van der Waals surface area contributed by atoms with E-state index in [9.17, 15) is 4.79 Å². The summed E-state index contributed by atoms with van der Waals surface area (Å²) in [5, 5.41) is 0. The molecule has 0 spiro atoms. The van der Waals surface area contributed by atoms with Crippen molar-refractivity contribution in [1.29, 1.82) is 0 Å². The zero-order chi connectivity index (χ0) is 18.6. The molecule has 1 aliphatic rings. The van der Waals surface area contributed by atoms with E-state index in [2.05, 4.69) is 52.2 Å². The lowest BCUT2D eigenvalue weighted by Crippen LogP contribution is -2.46. The van der Waals surface area contributed by atoms with Crippen molar-refractivity contribution in [3.8, 4) is 0 Å². The Morgan fingerprint density at radius 3 is 2.56 bits per heavy atom. The number of rotatable bonds is 5. The van der Waals surface area contributed by atoms with Crippen molar-refractivity contribution >= 4 is 16.9 Å². The molecule has 1 N–H and O–H groups in total. The molecule has 140 valence electrons. The lowest BCUT2D eigenvalue weighted by molar-refractivity contribution is 0.0636. The number of aromatic nitrogens is 2. The number of benzene rings is 2. The van der Waals surface area contributed by atoms with E-state index >= 15 is 0 Å². The fourth-order valence-electron chi connectivity index (χ4n) is 3.85. The molecule has 0 bridgehead atoms. The highest BCUT2D eigenvalue weighted by atomic mass is 16.2. The van der Waals surface area contributed by atoms with Crippen LogP contribution in [-0.2, 0) is 6.42 Å². The third-order valence-corrected chi connectivity index (χ3v) is 5.56. The molecule has 5 heteroatoms. The van der Waals surface area contributed by atoms with Crippen molar-refractivity contribution in [3.05, 3.63) is 66.0 Å². The van der Waals surface area contributed by atoms with Gasteiger partial charge < -0.3 is 14.8 Å². The maximum atomic E-state index is 12.8.